The SMILES string of the molecule is CC(=O)CC(=O)Nc1ccc(N)cc1N=Nc1c(NC(=O)CC(C)=O)ccc(N)c1-c1cc(C(=O)Nc2cccc(Cl)c2Cl)ccc1Cl. The first-order valence-electron chi connectivity index (χ1n) is 14.1. The van der Waals surface area contributed by atoms with Crippen molar-refractivity contribution in [3.8, 4) is 11.1 Å². The number of nitrogen functional groups attached to an aromatic ring is 2. The Balaban J connectivity index is 1.85. The second-order valence-electron chi connectivity index (χ2n) is 10.5. The molecule has 0 aliphatic heterocycles. The van der Waals surface area contributed by atoms with Crippen molar-refractivity contribution in [3.05, 3.63) is 87.4 Å². The topological polar surface area (TPSA) is 198 Å². The lowest BCUT2D eigenvalue weighted by Crippen LogP contribution is -2.15. The molecule has 3 amide bonds. The monoisotopic (exact) mass is 707 g/mol. The second-order valence-corrected chi connectivity index (χ2v) is 11.7. The van der Waals surface area contributed by atoms with Gasteiger partial charge in [0.05, 0.1) is 39.9 Å². The normalized spacial score (nSPS) is 10.9. The van der Waals surface area contributed by atoms with Crippen molar-refractivity contribution in [2.45, 2.75) is 26.7 Å². The number of hydrogen-bond acceptors (Lipinski definition) is 9. The van der Waals surface area contributed by atoms with Crippen molar-refractivity contribution in [1.82, 2.24) is 0 Å². The van der Waals surface area contributed by atoms with E-state index in [9.17, 15) is 24.0 Å². The van der Waals surface area contributed by atoms with Crippen LogP contribution in [0, 0.1) is 0 Å². The highest BCUT2D eigenvalue weighted by Crippen LogP contribution is 2.45. The second kappa shape index (κ2) is 15.5. The summed E-state index contributed by atoms with van der Waals surface area (Å²) in [6, 6.07) is 16.6. The van der Waals surface area contributed by atoms with Crippen molar-refractivity contribution < 1.29 is 24.0 Å². The molecule has 246 valence electrons. The zero-order chi connectivity index (χ0) is 35.1. The molecule has 15 heteroatoms. The number of Topliss-reactive ketones (excluding diaryl/α,β-unsaturated/α-hetero) is 2. The number of azo groups is 1. The van der Waals surface area contributed by atoms with Crippen LogP contribution in [0.2, 0.25) is 15.1 Å². The summed E-state index contributed by atoms with van der Waals surface area (Å²) in [5.41, 5.74) is 14.2. The fourth-order valence-electron chi connectivity index (χ4n) is 4.43. The van der Waals surface area contributed by atoms with Gasteiger partial charge in [0.1, 0.15) is 22.9 Å². The van der Waals surface area contributed by atoms with E-state index >= 15 is 0 Å². The highest BCUT2D eigenvalue weighted by molar-refractivity contribution is 6.44. The Hall–Kier alpha value is -5.30. The van der Waals surface area contributed by atoms with Gasteiger partial charge < -0.3 is 27.4 Å². The number of benzene rings is 4. The van der Waals surface area contributed by atoms with Crippen molar-refractivity contribution in [3.63, 3.8) is 0 Å². The fraction of sp³-hybridized carbons (Fsp3) is 0.121. The number of anilines is 5. The molecule has 0 unspecified atom stereocenters. The lowest BCUT2D eigenvalue weighted by atomic mass is 9.98. The van der Waals surface area contributed by atoms with Crippen LogP contribution in [0.5, 0.6) is 0 Å². The van der Waals surface area contributed by atoms with E-state index in [4.69, 9.17) is 46.3 Å². The smallest absolute Gasteiger partial charge is 0.255 e. The molecule has 0 saturated heterocycles. The Labute approximate surface area is 289 Å². The lowest BCUT2D eigenvalue weighted by molar-refractivity contribution is -0.125. The molecule has 12 nitrogen and oxygen atoms in total. The van der Waals surface area contributed by atoms with Crippen molar-refractivity contribution >= 4 is 104 Å². The first kappa shape index (κ1) is 35.6. The van der Waals surface area contributed by atoms with Gasteiger partial charge in [-0.3, -0.25) is 24.0 Å². The number of halogens is 3. The van der Waals surface area contributed by atoms with Gasteiger partial charge in [-0.05, 0) is 74.5 Å². The first-order chi connectivity index (χ1) is 22.7. The van der Waals surface area contributed by atoms with Crippen LogP contribution in [0.4, 0.5) is 39.8 Å². The van der Waals surface area contributed by atoms with Crippen LogP contribution in [0.3, 0.4) is 0 Å². The highest BCUT2D eigenvalue weighted by atomic mass is 35.5. The van der Waals surface area contributed by atoms with E-state index in [2.05, 4.69) is 26.2 Å². The van der Waals surface area contributed by atoms with Gasteiger partial charge >= 0.3 is 0 Å². The number of nitrogens with zero attached hydrogens (tertiary/aromatic N) is 2. The minimum atomic E-state index is -0.631. The van der Waals surface area contributed by atoms with Crippen molar-refractivity contribution in [2.24, 2.45) is 10.2 Å². The van der Waals surface area contributed by atoms with E-state index in [1.807, 2.05) is 0 Å². The van der Waals surface area contributed by atoms with E-state index in [1.54, 1.807) is 18.2 Å². The van der Waals surface area contributed by atoms with Gasteiger partial charge in [-0.25, -0.2) is 0 Å². The minimum Gasteiger partial charge on any atom is -0.399 e. The van der Waals surface area contributed by atoms with Crippen LogP contribution in [-0.2, 0) is 19.2 Å². The summed E-state index contributed by atoms with van der Waals surface area (Å²) >= 11 is 19.0. The largest absolute Gasteiger partial charge is 0.399 e. The summed E-state index contributed by atoms with van der Waals surface area (Å²) in [6.07, 6.45) is -0.779. The summed E-state index contributed by atoms with van der Waals surface area (Å²) in [4.78, 5) is 61.5. The number of nitrogens with one attached hydrogen (secondary N) is 3. The zero-order valence-electron chi connectivity index (χ0n) is 25.5. The molecule has 4 rings (SSSR count). The zero-order valence-corrected chi connectivity index (χ0v) is 27.8. The molecule has 0 radical (unpaired) electrons. The average molecular weight is 709 g/mol. The highest BCUT2D eigenvalue weighted by Gasteiger charge is 2.21. The van der Waals surface area contributed by atoms with E-state index in [-0.39, 0.29) is 89.6 Å². The maximum absolute atomic E-state index is 13.3. The third kappa shape index (κ3) is 8.94. The Morgan fingerprint density at radius 2 is 1.33 bits per heavy atom. The van der Waals surface area contributed by atoms with E-state index in [1.165, 1.54) is 62.4 Å². The summed E-state index contributed by atoms with van der Waals surface area (Å²) in [5.74, 6) is -2.47. The van der Waals surface area contributed by atoms with E-state index in [0.29, 0.717) is 0 Å². The first-order valence-corrected chi connectivity index (χ1v) is 15.2. The molecular weight excluding hydrogens is 681 g/mol. The Kier molecular flexibility index (Phi) is 11.5. The molecule has 4 aromatic rings. The summed E-state index contributed by atoms with van der Waals surface area (Å²) in [7, 11) is 0. The maximum atomic E-state index is 13.3. The van der Waals surface area contributed by atoms with Gasteiger partial charge in [-0.1, -0.05) is 40.9 Å². The van der Waals surface area contributed by atoms with Crippen LogP contribution in [0.15, 0.2) is 77.0 Å². The molecule has 0 aliphatic carbocycles. The third-order valence-electron chi connectivity index (χ3n) is 6.55. The molecule has 0 aliphatic rings. The van der Waals surface area contributed by atoms with Gasteiger partial charge in [0.15, 0.2) is 0 Å². The molecule has 0 aromatic heterocycles. The third-order valence-corrected chi connectivity index (χ3v) is 7.70. The summed E-state index contributed by atoms with van der Waals surface area (Å²) in [5, 5.41) is 17.2. The molecule has 7 N–H and O–H groups in total. The predicted octanol–water partition coefficient (Wildman–Crippen LogP) is 7.98. The number of ketones is 2. The number of nitrogens with two attached hydrogens (primary N) is 2. The quantitative estimate of drug-likeness (QED) is 0.0591. The number of carbonyl (C=O) groups is 5. The maximum Gasteiger partial charge on any atom is 0.255 e. The Bertz CT molecular complexity index is 2000. The molecule has 48 heavy (non-hydrogen) atoms. The van der Waals surface area contributed by atoms with Crippen LogP contribution < -0.4 is 27.4 Å². The minimum absolute atomic E-state index is 0.00711. The predicted molar refractivity (Wildman–Crippen MR) is 189 cm³/mol. The molecule has 0 bridgehead atoms. The molecule has 4 aromatic carbocycles. The van der Waals surface area contributed by atoms with Gasteiger partial charge in [0.25, 0.3) is 5.91 Å². The molecule has 0 spiro atoms. The molecule has 0 saturated carbocycles. The average Bonchev–Trinajstić information content (AvgIpc) is 3.00. The van der Waals surface area contributed by atoms with Crippen LogP contribution in [0.25, 0.3) is 11.1 Å². The number of hydrogen-bond donors (Lipinski definition) is 5. The van der Waals surface area contributed by atoms with Gasteiger partial charge in [0.2, 0.25) is 11.8 Å². The molecule has 0 fully saturated rings. The standard InChI is InChI=1S/C33H28Cl3N7O5/c1-16(44)12-28(46)39-24-10-7-19(37)15-27(24)42-43-32-26(40-29(47)13-17(2)45)11-9-23(38)30(32)20-14-18(6-8-21(20)34)33(48)41-25-5-3-4-22(35)31(25)36/h3-11,14-15H,12-13,37-38H2,1-2H3,(H,39,46)(H,40,47)(H,41,48). The molecule has 0 atom stereocenters. The van der Waals surface area contributed by atoms with E-state index < -0.39 is 24.1 Å². The molecule has 0 heterocycles. The lowest BCUT2D eigenvalue weighted by Gasteiger charge is -2.17. The van der Waals surface area contributed by atoms with Crippen molar-refractivity contribution in [2.75, 3.05) is 27.4 Å². The number of carbonyl (C=O) groups excluding carboxylic acids is 5. The van der Waals surface area contributed by atoms with Crippen LogP contribution in [0.1, 0.15) is 37.0 Å². The van der Waals surface area contributed by atoms with Crippen molar-refractivity contribution in [1.29, 1.82) is 0 Å². The van der Waals surface area contributed by atoms with Gasteiger partial charge in [-0.2, -0.15) is 0 Å². The number of rotatable bonds is 11. The van der Waals surface area contributed by atoms with Gasteiger partial charge in [-0.15, -0.1) is 10.2 Å². The Morgan fingerprint density at radius 1 is 0.688 bits per heavy atom. The van der Waals surface area contributed by atoms with E-state index in [0.717, 1.165) is 0 Å². The van der Waals surface area contributed by atoms with Gasteiger partial charge in [0, 0.05) is 33.1 Å². The summed E-state index contributed by atoms with van der Waals surface area (Å²) < 4.78 is 0. The number of amides is 3. The fourth-order valence-corrected chi connectivity index (χ4v) is 4.99. The summed E-state index contributed by atoms with van der Waals surface area (Å²) in [6.45, 7) is 2.55. The van der Waals surface area contributed by atoms with Crippen LogP contribution >= 0.6 is 34.8 Å². The molecular formula is C33H28Cl3N7O5. The van der Waals surface area contributed by atoms with Crippen LogP contribution in [-0.4, -0.2) is 29.3 Å². The Morgan fingerprint density at radius 3 is 2.00 bits per heavy atom.